The van der Waals surface area contributed by atoms with E-state index in [1.54, 1.807) is 12.2 Å². The van der Waals surface area contributed by atoms with Crippen molar-refractivity contribution in [2.75, 3.05) is 66.1 Å². The van der Waals surface area contributed by atoms with Gasteiger partial charge in [0, 0.05) is 0 Å². The average molecular weight is 467 g/mol. The fourth-order valence-electron chi connectivity index (χ4n) is 1.49. The van der Waals surface area contributed by atoms with Gasteiger partial charge in [-0.2, -0.15) is 0 Å². The van der Waals surface area contributed by atoms with Crippen LogP contribution in [0.1, 0.15) is 0 Å². The van der Waals surface area contributed by atoms with E-state index in [0.717, 1.165) is 0 Å². The highest BCUT2D eigenvalue weighted by atomic mass is 16.5. The molecule has 0 saturated heterocycles. The van der Waals surface area contributed by atoms with Crippen LogP contribution in [0, 0.1) is 94.7 Å². The maximum atomic E-state index is 5.23. The average Bonchev–Trinajstić information content (AvgIpc) is 2.87. The molecule has 0 spiro atoms. The fraction of sp³-hybridized carbons (Fsp3) is 0.333. The van der Waals surface area contributed by atoms with Gasteiger partial charge in [0.15, 0.2) is 0 Å². The Balaban J connectivity index is 3.69. The quantitative estimate of drug-likeness (QED) is 0.248. The molecule has 0 N–H and O–H groups in total. The maximum Gasteiger partial charge on any atom is 0.110 e. The Morgan fingerprint density at radius 3 is 0.743 bits per heavy atom. The summed E-state index contributed by atoms with van der Waals surface area (Å²) in [4.78, 5) is 0. The normalized spacial score (nSPS) is 7.54. The van der Waals surface area contributed by atoms with Crippen molar-refractivity contribution in [1.82, 2.24) is 0 Å². The molecule has 0 aliphatic rings. The molecule has 5 heteroatoms. The van der Waals surface area contributed by atoms with Gasteiger partial charge in [-0.15, -0.1) is 13.2 Å². The van der Waals surface area contributed by atoms with E-state index in [1.165, 1.54) is 0 Å². The van der Waals surface area contributed by atoms with Gasteiger partial charge in [-0.05, 0) is 47.4 Å². The lowest BCUT2D eigenvalue weighted by Crippen LogP contribution is -1.92. The predicted molar refractivity (Wildman–Crippen MR) is 137 cm³/mol. The van der Waals surface area contributed by atoms with E-state index in [-0.39, 0.29) is 39.6 Å². The van der Waals surface area contributed by atoms with Gasteiger partial charge >= 0.3 is 0 Å². The smallest absolute Gasteiger partial charge is 0.110 e. The van der Waals surface area contributed by atoms with Gasteiger partial charge in [0.05, 0.1) is 13.2 Å². The van der Waals surface area contributed by atoms with Crippen LogP contribution in [0.2, 0.25) is 0 Å². The third kappa shape index (κ3) is 29.8. The summed E-state index contributed by atoms with van der Waals surface area (Å²) < 4.78 is 25.8. The molecule has 0 aliphatic heterocycles. The van der Waals surface area contributed by atoms with E-state index >= 15 is 0 Å². The highest BCUT2D eigenvalue weighted by Gasteiger charge is 1.79. The summed E-state index contributed by atoms with van der Waals surface area (Å²) in [6.45, 7) is 10.1. The predicted octanol–water partition coefficient (Wildman–Crippen LogP) is 1.47. The zero-order chi connectivity index (χ0) is 25.3. The second kappa shape index (κ2) is 29.8. The largest absolute Gasteiger partial charge is 0.365 e. The van der Waals surface area contributed by atoms with E-state index in [4.69, 9.17) is 23.7 Å². The van der Waals surface area contributed by atoms with Crippen molar-refractivity contribution in [2.45, 2.75) is 0 Å². The number of rotatable bonds is 12. The second-order valence-electron chi connectivity index (χ2n) is 5.50. The lowest BCUT2D eigenvalue weighted by atomic mass is 10.5. The molecular formula is C30H26O5. The van der Waals surface area contributed by atoms with Crippen molar-refractivity contribution in [2.24, 2.45) is 0 Å². The van der Waals surface area contributed by atoms with Crippen LogP contribution in [0.25, 0.3) is 0 Å². The molecule has 5 nitrogen and oxygen atoms in total. The molecule has 0 aromatic heterocycles. The van der Waals surface area contributed by atoms with Crippen LogP contribution in [-0.2, 0) is 23.7 Å². The molecule has 0 atom stereocenters. The summed E-state index contributed by atoms with van der Waals surface area (Å²) in [7, 11) is 0. The van der Waals surface area contributed by atoms with Crippen molar-refractivity contribution in [3.63, 3.8) is 0 Å². The van der Waals surface area contributed by atoms with Crippen molar-refractivity contribution in [3.05, 3.63) is 25.3 Å². The third-order valence-corrected chi connectivity index (χ3v) is 2.82. The van der Waals surface area contributed by atoms with Crippen LogP contribution in [0.3, 0.4) is 0 Å². The van der Waals surface area contributed by atoms with Crippen molar-refractivity contribution in [1.29, 1.82) is 0 Å². The van der Waals surface area contributed by atoms with Crippen LogP contribution >= 0.6 is 0 Å². The maximum absolute atomic E-state index is 5.23. The lowest BCUT2D eigenvalue weighted by Gasteiger charge is -1.89. The minimum atomic E-state index is 0.226. The molecule has 0 bridgehead atoms. The Kier molecular flexibility index (Phi) is 26.2. The summed E-state index contributed by atoms with van der Waals surface area (Å²) in [5, 5.41) is 0. The number of hydrogen-bond acceptors (Lipinski definition) is 5. The molecule has 0 rings (SSSR count). The molecule has 0 heterocycles. The molecule has 0 radical (unpaired) electrons. The van der Waals surface area contributed by atoms with Gasteiger partial charge < -0.3 is 23.7 Å². The molecule has 0 fully saturated rings. The highest BCUT2D eigenvalue weighted by molar-refractivity contribution is 5.28. The fourth-order valence-corrected chi connectivity index (χ4v) is 1.49. The SMILES string of the molecule is C=CCOCC#CC#CCOCC#CC#CCOCC#CC#CCOCC#CC#CCOCC=C. The number of hydrogen-bond donors (Lipinski definition) is 0. The Morgan fingerprint density at radius 1 is 0.343 bits per heavy atom. The molecule has 0 aromatic carbocycles. The van der Waals surface area contributed by atoms with Crippen LogP contribution in [0.5, 0.6) is 0 Å². The Morgan fingerprint density at radius 2 is 0.543 bits per heavy atom. The Bertz CT molecular complexity index is 1030. The molecule has 35 heavy (non-hydrogen) atoms. The van der Waals surface area contributed by atoms with E-state index in [1.807, 2.05) is 0 Å². The topological polar surface area (TPSA) is 46.2 Å². The first-order valence-electron chi connectivity index (χ1n) is 10.3. The molecule has 0 aromatic rings. The van der Waals surface area contributed by atoms with E-state index < -0.39 is 0 Å². The zero-order valence-electron chi connectivity index (χ0n) is 19.7. The highest BCUT2D eigenvalue weighted by Crippen LogP contribution is 1.75. The molecule has 0 unspecified atom stereocenters. The first-order chi connectivity index (χ1) is 17.4. The van der Waals surface area contributed by atoms with E-state index in [9.17, 15) is 0 Å². The molecular weight excluding hydrogens is 440 g/mol. The van der Waals surface area contributed by atoms with Crippen LogP contribution < -0.4 is 0 Å². The van der Waals surface area contributed by atoms with Crippen LogP contribution in [-0.4, -0.2) is 66.1 Å². The molecule has 0 aliphatic carbocycles. The standard InChI is InChI=1S/C30H26O5/c1-3-21-31-23-13-5-7-15-25-33-27-17-9-11-19-29-35-30-20-12-10-18-28-34-26-16-8-6-14-24-32-22-4-2/h3-4H,1-2,21-30H2. The summed E-state index contributed by atoms with van der Waals surface area (Å²) in [5.74, 6) is 43.3. The van der Waals surface area contributed by atoms with Gasteiger partial charge in [-0.25, -0.2) is 0 Å². The Hall–Kier alpha value is -4.24. The van der Waals surface area contributed by atoms with Gasteiger partial charge in [0.2, 0.25) is 0 Å². The lowest BCUT2D eigenvalue weighted by molar-refractivity contribution is 0.199. The van der Waals surface area contributed by atoms with Gasteiger partial charge in [0.1, 0.15) is 52.9 Å². The van der Waals surface area contributed by atoms with Crippen molar-refractivity contribution < 1.29 is 23.7 Å². The van der Waals surface area contributed by atoms with Gasteiger partial charge in [-0.1, -0.05) is 59.5 Å². The number of ether oxygens (including phenoxy) is 5. The van der Waals surface area contributed by atoms with Crippen molar-refractivity contribution in [3.8, 4) is 94.7 Å². The van der Waals surface area contributed by atoms with Crippen molar-refractivity contribution >= 4 is 0 Å². The molecule has 0 amide bonds. The third-order valence-electron chi connectivity index (χ3n) is 2.82. The van der Waals surface area contributed by atoms with Gasteiger partial charge in [0.25, 0.3) is 0 Å². The van der Waals surface area contributed by atoms with E-state index in [2.05, 4.69) is 108 Å². The summed E-state index contributed by atoms with van der Waals surface area (Å²) in [6, 6.07) is 0. The second-order valence-corrected chi connectivity index (χ2v) is 5.50. The first kappa shape index (κ1) is 30.8. The molecule has 0 saturated carbocycles. The first-order valence-corrected chi connectivity index (χ1v) is 10.3. The minimum absolute atomic E-state index is 0.226. The molecule has 176 valence electrons. The summed E-state index contributed by atoms with van der Waals surface area (Å²) in [6.07, 6.45) is 3.32. The van der Waals surface area contributed by atoms with Gasteiger partial charge in [-0.3, -0.25) is 0 Å². The summed E-state index contributed by atoms with van der Waals surface area (Å²) in [5.41, 5.74) is 0. The van der Waals surface area contributed by atoms with Crippen LogP contribution in [0.15, 0.2) is 25.3 Å². The monoisotopic (exact) mass is 466 g/mol. The summed E-state index contributed by atoms with van der Waals surface area (Å²) >= 11 is 0. The van der Waals surface area contributed by atoms with E-state index in [0.29, 0.717) is 26.4 Å². The van der Waals surface area contributed by atoms with Crippen LogP contribution in [0.4, 0.5) is 0 Å². The zero-order valence-corrected chi connectivity index (χ0v) is 19.7. The minimum Gasteiger partial charge on any atom is -0.365 e. The Labute approximate surface area is 210 Å².